The van der Waals surface area contributed by atoms with Gasteiger partial charge >= 0.3 is 0 Å². The van der Waals surface area contributed by atoms with Crippen LogP contribution in [0.3, 0.4) is 0 Å². The Balaban J connectivity index is 0.773. The van der Waals surface area contributed by atoms with Crippen molar-refractivity contribution in [3.8, 4) is 16.9 Å². The molecule has 67 heavy (non-hydrogen) atoms. The molecule has 4 N–H and O–H groups in total. The number of amides is 2. The van der Waals surface area contributed by atoms with Crippen molar-refractivity contribution in [3.63, 3.8) is 0 Å². The zero-order valence-electron chi connectivity index (χ0n) is 38.7. The van der Waals surface area contributed by atoms with Crippen LogP contribution >= 0.6 is 11.6 Å². The molecule has 13 heteroatoms. The summed E-state index contributed by atoms with van der Waals surface area (Å²) >= 11 is 6.76. The first-order valence-corrected chi connectivity index (χ1v) is 24.4. The van der Waals surface area contributed by atoms with Crippen molar-refractivity contribution in [1.29, 1.82) is 0 Å². The molecule has 4 aromatic carbocycles. The van der Waals surface area contributed by atoms with Crippen molar-refractivity contribution in [2.24, 2.45) is 24.1 Å². The van der Waals surface area contributed by atoms with E-state index in [4.69, 9.17) is 27.2 Å². The summed E-state index contributed by atoms with van der Waals surface area (Å²) in [6, 6.07) is 21.2. The van der Waals surface area contributed by atoms with Crippen LogP contribution in [0.1, 0.15) is 116 Å². The van der Waals surface area contributed by atoms with Crippen LogP contribution in [0.4, 0.5) is 14.6 Å². The number of carbonyl (C=O) groups is 2. The molecule has 4 fully saturated rings. The number of nitrogens with one attached hydrogen (secondary N) is 2. The Kier molecular flexibility index (Phi) is 11.7. The summed E-state index contributed by atoms with van der Waals surface area (Å²) in [5.74, 6) is -0.0288. The zero-order chi connectivity index (χ0) is 46.9. The first-order chi connectivity index (χ1) is 32.2. The van der Waals surface area contributed by atoms with E-state index in [1.54, 1.807) is 6.07 Å². The maximum absolute atomic E-state index is 16.4. The number of hydrogen-bond acceptors (Lipinski definition) is 7. The largest absolute Gasteiger partial charge is 0.480 e. The maximum atomic E-state index is 16.4. The van der Waals surface area contributed by atoms with Gasteiger partial charge in [0.15, 0.2) is 11.4 Å². The van der Waals surface area contributed by atoms with Gasteiger partial charge < -0.3 is 30.9 Å². The number of aromatic nitrogens is 2. The molecule has 10 nitrogen and oxygen atoms in total. The average Bonchev–Trinajstić information content (AvgIpc) is 3.80. The predicted molar refractivity (Wildman–Crippen MR) is 260 cm³/mol. The van der Waals surface area contributed by atoms with Gasteiger partial charge in [0.05, 0.1) is 10.5 Å². The Bertz CT molecular complexity index is 2800. The lowest BCUT2D eigenvalue weighted by Gasteiger charge is -2.56. The normalized spacial score (nSPS) is 23.8. The standard InChI is InChI=1S/C54H60ClF2N7O3/c1-6-34-14-19-41(51(58)66)47(50(34)57)48-46-31(2)54(38-10-8-7-9-11-38,67-44(46)27-42(56)49(48)55)28-59-39-16-12-35(13-17-39)32(3)63-29-53(30-63)23-20-36(21-24-53)37-15-18-40-43(26-37)62(5)61-52(40)64-25-22-45(65)60-33(64)4/h7-11,14-15,18-19,26-27,31,35-36,39,59H,3-4,6,12-13,16-17,20-25,28-30H2,1-2,5H3,(H2,58,66)(H,60,65). The molecule has 4 heterocycles. The lowest BCUT2D eigenvalue weighted by atomic mass is 9.64. The number of primary amides is 1. The molecule has 3 aliphatic heterocycles. The van der Waals surface area contributed by atoms with Crippen molar-refractivity contribution >= 4 is 40.1 Å². The van der Waals surface area contributed by atoms with Crippen LogP contribution < -0.4 is 26.0 Å². The summed E-state index contributed by atoms with van der Waals surface area (Å²) in [5, 5.41) is 12.4. The Morgan fingerprint density at radius 2 is 1.75 bits per heavy atom. The number of allylic oxidation sites excluding steroid dienone is 1. The van der Waals surface area contributed by atoms with Gasteiger partial charge in [-0.15, -0.1) is 0 Å². The fourth-order valence-corrected chi connectivity index (χ4v) is 12.4. The lowest BCUT2D eigenvalue weighted by molar-refractivity contribution is -0.120. The highest BCUT2D eigenvalue weighted by molar-refractivity contribution is 6.34. The fourth-order valence-electron chi connectivity index (χ4n) is 12.2. The smallest absolute Gasteiger partial charge is 0.249 e. The second kappa shape index (κ2) is 17.4. The molecule has 10 rings (SSSR count). The van der Waals surface area contributed by atoms with Crippen molar-refractivity contribution in [3.05, 3.63) is 136 Å². The van der Waals surface area contributed by atoms with E-state index in [1.807, 2.05) is 60.8 Å². The van der Waals surface area contributed by atoms with Gasteiger partial charge in [-0.05, 0) is 105 Å². The number of ether oxygens (including phenoxy) is 1. The maximum Gasteiger partial charge on any atom is 0.249 e. The number of aryl methyl sites for hydroxylation is 2. The Labute approximate surface area is 396 Å². The number of hydrogen-bond donors (Lipinski definition) is 3. The van der Waals surface area contributed by atoms with Crippen molar-refractivity contribution in [2.45, 2.75) is 102 Å². The first kappa shape index (κ1) is 45.1. The summed E-state index contributed by atoms with van der Waals surface area (Å²) in [4.78, 5) is 29.2. The molecule has 2 saturated carbocycles. The molecule has 2 atom stereocenters. The third-order valence-corrected chi connectivity index (χ3v) is 16.5. The van der Waals surface area contributed by atoms with Gasteiger partial charge in [-0.25, -0.2) is 8.78 Å². The van der Waals surface area contributed by atoms with Gasteiger partial charge in [0.25, 0.3) is 0 Å². The van der Waals surface area contributed by atoms with Gasteiger partial charge in [0.1, 0.15) is 23.2 Å². The molecule has 2 amide bonds. The van der Waals surface area contributed by atoms with Gasteiger partial charge in [-0.1, -0.05) is 81.1 Å². The second-order valence-electron chi connectivity index (χ2n) is 19.9. The number of nitrogens with zero attached hydrogens (tertiary/aromatic N) is 4. The molecule has 2 unspecified atom stereocenters. The minimum atomic E-state index is -0.980. The van der Waals surface area contributed by atoms with Crippen LogP contribution in [-0.4, -0.2) is 58.7 Å². The highest BCUT2D eigenvalue weighted by atomic mass is 35.5. The number of nitrogens with two attached hydrogens (primary N) is 1. The van der Waals surface area contributed by atoms with Gasteiger partial charge in [0.2, 0.25) is 11.8 Å². The molecule has 5 aromatic rings. The number of fused-ring (bicyclic) bond motifs is 2. The fraction of sp³-hybridized carbons (Fsp3) is 0.426. The minimum absolute atomic E-state index is 0.00991. The Hall–Kier alpha value is -5.72. The van der Waals surface area contributed by atoms with Crippen molar-refractivity contribution in [1.82, 2.24) is 25.3 Å². The highest BCUT2D eigenvalue weighted by Gasteiger charge is 2.51. The van der Waals surface area contributed by atoms with E-state index in [-0.39, 0.29) is 39.4 Å². The van der Waals surface area contributed by atoms with E-state index < -0.39 is 29.1 Å². The van der Waals surface area contributed by atoms with Crippen LogP contribution in [0.2, 0.25) is 5.02 Å². The minimum Gasteiger partial charge on any atom is -0.480 e. The van der Waals surface area contributed by atoms with Crippen molar-refractivity contribution in [2.75, 3.05) is 31.1 Å². The van der Waals surface area contributed by atoms with Crippen LogP contribution in [0.25, 0.3) is 22.0 Å². The number of rotatable bonds is 11. The van der Waals surface area contributed by atoms with Gasteiger partial charge in [0, 0.05) is 96.4 Å². The van der Waals surface area contributed by atoms with E-state index in [0.29, 0.717) is 60.1 Å². The third-order valence-electron chi connectivity index (χ3n) is 16.1. The van der Waals surface area contributed by atoms with E-state index >= 15 is 8.78 Å². The quantitative estimate of drug-likeness (QED) is 0.121. The lowest BCUT2D eigenvalue weighted by Crippen LogP contribution is -2.57. The van der Waals surface area contributed by atoms with Gasteiger partial charge in [-0.3, -0.25) is 14.3 Å². The Morgan fingerprint density at radius 3 is 2.43 bits per heavy atom. The number of carbonyl (C=O) groups excluding carboxylic acids is 2. The third kappa shape index (κ3) is 7.77. The van der Waals surface area contributed by atoms with E-state index in [2.05, 4.69) is 46.9 Å². The monoisotopic (exact) mass is 927 g/mol. The summed E-state index contributed by atoms with van der Waals surface area (Å²) in [6.45, 7) is 15.7. The topological polar surface area (TPSA) is 118 Å². The SMILES string of the molecule is C=C(C1CCC(NCC2(c3ccccc3)Oc3cc(F)c(Cl)c(-c4c(C(N)=O)ccc(CC)c4F)c3C2C)CC1)N1CC2(CCC(c3ccc4c(N5CCC(=O)NC5=C)nn(C)c4c3)CC2)C1. The molecule has 2 aliphatic carbocycles. The first-order valence-electron chi connectivity index (χ1n) is 24.0. The van der Waals surface area contributed by atoms with E-state index in [9.17, 15) is 9.59 Å². The molecule has 0 radical (unpaired) electrons. The van der Waals surface area contributed by atoms with Crippen LogP contribution in [0.5, 0.6) is 5.75 Å². The molecule has 2 saturated heterocycles. The number of halogens is 3. The van der Waals surface area contributed by atoms with Crippen LogP contribution in [-0.2, 0) is 23.9 Å². The molecule has 5 aliphatic rings. The Morgan fingerprint density at radius 1 is 1.01 bits per heavy atom. The summed E-state index contributed by atoms with van der Waals surface area (Å²) < 4.78 is 41.0. The second-order valence-corrected chi connectivity index (χ2v) is 20.3. The molecule has 0 bridgehead atoms. The number of anilines is 1. The summed E-state index contributed by atoms with van der Waals surface area (Å²) in [5.41, 5.74) is 10.7. The number of benzene rings is 4. The molecule has 1 spiro atoms. The predicted octanol–water partition coefficient (Wildman–Crippen LogP) is 10.3. The average molecular weight is 929 g/mol. The summed E-state index contributed by atoms with van der Waals surface area (Å²) in [7, 11) is 1.99. The molecular formula is C54H60ClF2N7O3. The number of likely N-dealkylation sites (tertiary alicyclic amines) is 1. The molecule has 350 valence electrons. The molecular weight excluding hydrogens is 868 g/mol. The van der Waals surface area contributed by atoms with E-state index in [0.717, 1.165) is 61.1 Å². The molecule has 1 aromatic heterocycles. The van der Waals surface area contributed by atoms with Gasteiger partial charge in [-0.2, -0.15) is 5.10 Å². The van der Waals surface area contributed by atoms with Crippen LogP contribution in [0.15, 0.2) is 91.4 Å². The highest BCUT2D eigenvalue weighted by Crippen LogP contribution is 2.57. The van der Waals surface area contributed by atoms with E-state index in [1.165, 1.54) is 49.1 Å². The summed E-state index contributed by atoms with van der Waals surface area (Å²) in [6.07, 6.45) is 9.55. The van der Waals surface area contributed by atoms with Crippen molar-refractivity contribution < 1.29 is 23.1 Å². The van der Waals surface area contributed by atoms with Crippen LogP contribution in [0, 0.1) is 23.0 Å². The zero-order valence-corrected chi connectivity index (χ0v) is 39.5.